The van der Waals surface area contributed by atoms with Gasteiger partial charge in [-0.2, -0.15) is 4.08 Å². The van der Waals surface area contributed by atoms with Gasteiger partial charge in [-0.3, -0.25) is 4.84 Å². The Morgan fingerprint density at radius 1 is 1.43 bits per heavy atom. The van der Waals surface area contributed by atoms with Crippen molar-refractivity contribution in [1.82, 2.24) is 8.38 Å². The highest BCUT2D eigenvalue weighted by molar-refractivity contribution is 8.15. The molecule has 1 heterocycles. The quantitative estimate of drug-likeness (QED) is 0.143. The van der Waals surface area contributed by atoms with E-state index in [1.54, 1.807) is 18.0 Å². The molecule has 0 bridgehead atoms. The van der Waals surface area contributed by atoms with E-state index in [1.807, 2.05) is 13.8 Å². The summed E-state index contributed by atoms with van der Waals surface area (Å²) in [6, 6.07) is 0.0115. The molecule has 1 aliphatic rings. The minimum atomic E-state index is -2.66. The van der Waals surface area contributed by atoms with Crippen LogP contribution < -0.4 is 0 Å². The average Bonchev–Trinajstić information content (AvgIpc) is 2.45. The summed E-state index contributed by atoms with van der Waals surface area (Å²) >= 11 is 10.7. The number of hydrogen-bond donors (Lipinski definition) is 1. The normalized spacial score (nSPS) is 20.7. The maximum atomic E-state index is 11.9. The zero-order chi connectivity index (χ0) is 17.8. The topological polar surface area (TPSA) is 63.6 Å². The number of rotatable bonds is 5. The highest BCUT2D eigenvalue weighted by Crippen LogP contribution is 2.61. The number of nitrogens with zero attached hydrogens (tertiary/aromatic N) is 3. The number of carbonyl (C=O) groups excluding carboxylic acids is 1. The van der Waals surface area contributed by atoms with E-state index in [-0.39, 0.29) is 11.5 Å². The summed E-state index contributed by atoms with van der Waals surface area (Å²) in [7, 11) is 1.57. The van der Waals surface area contributed by atoms with E-state index in [4.69, 9.17) is 25.7 Å². The predicted octanol–water partition coefficient (Wildman–Crippen LogP) is 3.89. The molecule has 0 aromatic heterocycles. The zero-order valence-electron chi connectivity index (χ0n) is 14.2. The Kier molecular flexibility index (Phi) is 7.85. The van der Waals surface area contributed by atoms with Crippen LogP contribution >= 0.6 is 31.4 Å². The van der Waals surface area contributed by atoms with Gasteiger partial charge in [-0.15, -0.1) is 12.6 Å². The van der Waals surface area contributed by atoms with Crippen LogP contribution in [0, 0.1) is 5.41 Å². The summed E-state index contributed by atoms with van der Waals surface area (Å²) in [6.07, 6.45) is -0.631. The molecule has 0 unspecified atom stereocenters. The Bertz CT molecular complexity index is 498. The highest BCUT2D eigenvalue weighted by Gasteiger charge is 2.40. The molecule has 7 nitrogen and oxygen atoms in total. The third kappa shape index (κ3) is 6.53. The van der Waals surface area contributed by atoms with Crippen LogP contribution in [-0.4, -0.2) is 45.8 Å². The van der Waals surface area contributed by atoms with Crippen LogP contribution in [0.4, 0.5) is 4.79 Å². The summed E-state index contributed by atoms with van der Waals surface area (Å²) in [6.45, 7) is 8.02. The molecular weight excluding hydrogens is 377 g/mol. The first-order chi connectivity index (χ1) is 10.5. The van der Waals surface area contributed by atoms with Crippen molar-refractivity contribution >= 4 is 54.3 Å². The number of amides is 1. The van der Waals surface area contributed by atoms with Gasteiger partial charge in [-0.1, -0.05) is 19.0 Å². The fourth-order valence-electron chi connectivity index (χ4n) is 1.45. The molecule has 1 aliphatic heterocycles. The second kappa shape index (κ2) is 8.51. The summed E-state index contributed by atoms with van der Waals surface area (Å²) < 4.78 is 14.8. The summed E-state index contributed by atoms with van der Waals surface area (Å²) in [5.74, 6) is 0. The molecule has 0 aromatic rings. The number of carbonyl (C=O) groups is 1. The van der Waals surface area contributed by atoms with Gasteiger partial charge in [0.05, 0.1) is 25.3 Å². The Balaban J connectivity index is 2.78. The lowest BCUT2D eigenvalue weighted by molar-refractivity contribution is 0.0486. The molecule has 1 amide bonds. The fraction of sp³-hybridized carbons (Fsp3) is 0.833. The molecule has 134 valence electrons. The second-order valence-electron chi connectivity index (χ2n) is 6.15. The van der Waals surface area contributed by atoms with E-state index in [9.17, 15) is 4.79 Å². The van der Waals surface area contributed by atoms with Crippen LogP contribution in [0.15, 0.2) is 5.16 Å². The highest BCUT2D eigenvalue weighted by atomic mass is 32.5. The van der Waals surface area contributed by atoms with Crippen LogP contribution in [0.2, 0.25) is 0 Å². The van der Waals surface area contributed by atoms with Crippen molar-refractivity contribution in [2.75, 3.05) is 20.3 Å². The SMILES string of the molecule is C/C(S)=N\OC(=O)N(C)SN(C(C)C)P1(=S)OCC(C)(C)CO1. The number of thiol groups is 1. The molecule has 0 saturated carbocycles. The van der Waals surface area contributed by atoms with Crippen molar-refractivity contribution in [3.63, 3.8) is 0 Å². The largest absolute Gasteiger partial charge is 0.446 e. The van der Waals surface area contributed by atoms with Crippen molar-refractivity contribution in [1.29, 1.82) is 0 Å². The van der Waals surface area contributed by atoms with Crippen LogP contribution in [-0.2, 0) is 25.7 Å². The first kappa shape index (κ1) is 21.2. The maximum absolute atomic E-state index is 11.9. The third-order valence-corrected chi connectivity index (χ3v) is 7.89. The Morgan fingerprint density at radius 2 is 1.96 bits per heavy atom. The second-order valence-corrected chi connectivity index (χ2v) is 11.4. The molecule has 0 aromatic carbocycles. The molecule has 1 rings (SSSR count). The van der Waals surface area contributed by atoms with Gasteiger partial charge in [0.25, 0.3) is 6.64 Å². The van der Waals surface area contributed by atoms with Gasteiger partial charge in [-0.05, 0) is 32.6 Å². The molecule has 1 saturated heterocycles. The van der Waals surface area contributed by atoms with Gasteiger partial charge in [0.15, 0.2) is 0 Å². The molecular formula is C12H24N3O4PS3. The van der Waals surface area contributed by atoms with Crippen molar-refractivity contribution in [3.05, 3.63) is 0 Å². The van der Waals surface area contributed by atoms with Crippen LogP contribution in [0.5, 0.6) is 0 Å². The van der Waals surface area contributed by atoms with Gasteiger partial charge in [-0.25, -0.2) is 9.10 Å². The van der Waals surface area contributed by atoms with Gasteiger partial charge >= 0.3 is 6.09 Å². The third-order valence-electron chi connectivity index (χ3n) is 2.64. The van der Waals surface area contributed by atoms with E-state index in [2.05, 4.69) is 31.6 Å². The summed E-state index contributed by atoms with van der Waals surface area (Å²) in [5.41, 5.74) is -0.0702. The van der Waals surface area contributed by atoms with E-state index >= 15 is 0 Å². The molecule has 0 radical (unpaired) electrons. The molecule has 0 N–H and O–H groups in total. The minimum Gasteiger partial charge on any atom is -0.317 e. The van der Waals surface area contributed by atoms with Gasteiger partial charge in [0.2, 0.25) is 0 Å². The van der Waals surface area contributed by atoms with Crippen LogP contribution in [0.1, 0.15) is 34.6 Å². The van der Waals surface area contributed by atoms with Gasteiger partial charge < -0.3 is 9.05 Å². The number of oxime groups is 1. The average molecular weight is 402 g/mol. The molecule has 0 aliphatic carbocycles. The van der Waals surface area contributed by atoms with Gasteiger partial charge in [0.1, 0.15) is 5.04 Å². The first-order valence-electron chi connectivity index (χ1n) is 7.02. The lowest BCUT2D eigenvalue weighted by Gasteiger charge is -2.42. The molecule has 0 spiro atoms. The van der Waals surface area contributed by atoms with Crippen molar-refractivity contribution in [3.8, 4) is 0 Å². The Hall–Kier alpha value is 0.170. The van der Waals surface area contributed by atoms with E-state index in [0.29, 0.717) is 18.3 Å². The van der Waals surface area contributed by atoms with E-state index in [0.717, 1.165) is 12.1 Å². The molecule has 11 heteroatoms. The van der Waals surface area contributed by atoms with E-state index in [1.165, 1.54) is 4.31 Å². The molecule has 0 atom stereocenters. The van der Waals surface area contributed by atoms with Crippen molar-refractivity contribution in [2.24, 2.45) is 10.6 Å². The fourth-order valence-corrected chi connectivity index (χ4v) is 6.04. The standard InChI is InChI=1S/C12H24N3O4PS3/c1-9(2)15(20(22)17-7-12(4,5)8-18-20)23-14(6)11(16)19-13-10(3)21/h9H,7-8H2,1-6H3,(H,13,21). The lowest BCUT2D eigenvalue weighted by atomic mass is 9.97. The lowest BCUT2D eigenvalue weighted by Crippen LogP contribution is -2.36. The zero-order valence-corrected chi connectivity index (χ0v) is 17.6. The predicted molar refractivity (Wildman–Crippen MR) is 101 cm³/mol. The monoisotopic (exact) mass is 401 g/mol. The number of hydrogen-bond acceptors (Lipinski definition) is 7. The van der Waals surface area contributed by atoms with Crippen molar-refractivity contribution < 1.29 is 18.7 Å². The molecule has 23 heavy (non-hydrogen) atoms. The van der Waals surface area contributed by atoms with Gasteiger partial charge in [0, 0.05) is 18.5 Å². The van der Waals surface area contributed by atoms with Crippen LogP contribution in [0.25, 0.3) is 0 Å². The van der Waals surface area contributed by atoms with E-state index < -0.39 is 12.7 Å². The summed E-state index contributed by atoms with van der Waals surface area (Å²) in [4.78, 5) is 16.7. The minimum absolute atomic E-state index is 0.0115. The maximum Gasteiger partial charge on any atom is 0.446 e. The molecule has 1 fully saturated rings. The first-order valence-corrected chi connectivity index (χ1v) is 10.8. The Labute approximate surface area is 153 Å². The Morgan fingerprint density at radius 3 is 2.39 bits per heavy atom. The summed E-state index contributed by atoms with van der Waals surface area (Å²) in [5, 5.41) is 3.88. The smallest absolute Gasteiger partial charge is 0.317 e. The van der Waals surface area contributed by atoms with Crippen LogP contribution in [0.3, 0.4) is 0 Å². The van der Waals surface area contributed by atoms with Crippen molar-refractivity contribution in [2.45, 2.75) is 40.7 Å².